The molecule has 0 aromatic heterocycles. The Morgan fingerprint density at radius 3 is 2.06 bits per heavy atom. The minimum atomic E-state index is -4.37. The second-order valence-corrected chi connectivity index (χ2v) is 8.13. The molecule has 4 nitrogen and oxygen atoms in total. The quantitative estimate of drug-likeness (QED) is 0.575. The van der Waals surface area contributed by atoms with Crippen LogP contribution < -0.4 is 10.6 Å². The number of carbonyl (C=O) groups is 1. The van der Waals surface area contributed by atoms with Gasteiger partial charge in [0.1, 0.15) is 0 Å². The number of nitrogens with one attached hydrogen (secondary N) is 2. The van der Waals surface area contributed by atoms with Crippen LogP contribution in [-0.2, 0) is 11.0 Å². The molecule has 7 heteroatoms. The Morgan fingerprint density at radius 1 is 0.939 bits per heavy atom. The third kappa shape index (κ3) is 5.80. The molecule has 0 unspecified atom stereocenters. The van der Waals surface area contributed by atoms with Gasteiger partial charge in [-0.1, -0.05) is 72.8 Å². The van der Waals surface area contributed by atoms with E-state index in [-0.39, 0.29) is 24.5 Å². The minimum absolute atomic E-state index is 0.133. The first-order chi connectivity index (χ1) is 15.9. The monoisotopic (exact) mass is 453 g/mol. The first-order valence-corrected chi connectivity index (χ1v) is 10.9. The fourth-order valence-electron chi connectivity index (χ4n) is 4.20. The summed E-state index contributed by atoms with van der Waals surface area (Å²) in [4.78, 5) is 15.1. The van der Waals surface area contributed by atoms with Gasteiger partial charge in [-0.15, -0.1) is 0 Å². The third-order valence-electron chi connectivity index (χ3n) is 5.89. The maximum atomic E-state index is 13.1. The van der Waals surface area contributed by atoms with Crippen molar-refractivity contribution in [2.75, 3.05) is 26.2 Å². The number of alkyl halides is 3. The molecule has 1 aliphatic rings. The van der Waals surface area contributed by atoms with Gasteiger partial charge < -0.3 is 10.6 Å². The summed E-state index contributed by atoms with van der Waals surface area (Å²) in [6.45, 7) is 2.06. The minimum Gasteiger partial charge on any atom is -0.344 e. The van der Waals surface area contributed by atoms with E-state index >= 15 is 0 Å². The van der Waals surface area contributed by atoms with Crippen molar-refractivity contribution in [3.63, 3.8) is 0 Å². The number of benzene rings is 3. The summed E-state index contributed by atoms with van der Waals surface area (Å²) in [5.74, 6) is -0.133. The number of hydrogen-bond donors (Lipinski definition) is 2. The van der Waals surface area contributed by atoms with E-state index in [4.69, 9.17) is 0 Å². The molecule has 0 radical (unpaired) electrons. The highest BCUT2D eigenvalue weighted by atomic mass is 19.4. The summed E-state index contributed by atoms with van der Waals surface area (Å²) in [5, 5.41) is 6.43. The van der Waals surface area contributed by atoms with E-state index in [1.54, 1.807) is 0 Å². The van der Waals surface area contributed by atoms with Crippen LogP contribution in [0.15, 0.2) is 84.9 Å². The lowest BCUT2D eigenvalue weighted by Gasteiger charge is -2.36. The summed E-state index contributed by atoms with van der Waals surface area (Å²) < 4.78 is 38.8. The molecule has 0 spiro atoms. The molecule has 2 N–H and O–H groups in total. The predicted molar refractivity (Wildman–Crippen MR) is 121 cm³/mol. The first kappa shape index (κ1) is 23.0. The van der Waals surface area contributed by atoms with Gasteiger partial charge in [-0.2, -0.15) is 13.2 Å². The zero-order valence-corrected chi connectivity index (χ0v) is 18.1. The highest BCUT2D eigenvalue weighted by Crippen LogP contribution is 2.31. The van der Waals surface area contributed by atoms with Crippen molar-refractivity contribution in [3.8, 4) is 0 Å². The van der Waals surface area contributed by atoms with Crippen molar-refractivity contribution in [3.05, 3.63) is 107 Å². The SMILES string of the molecule is O=C(CN1CCNC[C@H]1c1ccc(C(F)(F)F)cc1)NC(c1ccccc1)c1ccccc1. The number of halogens is 3. The molecule has 1 amide bonds. The van der Waals surface area contributed by atoms with Gasteiger partial charge in [-0.25, -0.2) is 0 Å². The summed E-state index contributed by atoms with van der Waals surface area (Å²) in [6, 6.07) is 24.3. The molecule has 1 aliphatic heterocycles. The highest BCUT2D eigenvalue weighted by Gasteiger charge is 2.31. The van der Waals surface area contributed by atoms with E-state index in [9.17, 15) is 18.0 Å². The van der Waals surface area contributed by atoms with Gasteiger partial charge in [0, 0.05) is 25.7 Å². The van der Waals surface area contributed by atoms with E-state index in [1.807, 2.05) is 65.6 Å². The lowest BCUT2D eigenvalue weighted by atomic mass is 9.98. The van der Waals surface area contributed by atoms with E-state index in [1.165, 1.54) is 12.1 Å². The lowest BCUT2D eigenvalue weighted by Crippen LogP contribution is -2.49. The van der Waals surface area contributed by atoms with Crippen LogP contribution >= 0.6 is 0 Å². The third-order valence-corrected chi connectivity index (χ3v) is 5.89. The summed E-state index contributed by atoms with van der Waals surface area (Å²) >= 11 is 0. The number of nitrogens with zero attached hydrogens (tertiary/aromatic N) is 1. The number of amides is 1. The Morgan fingerprint density at radius 2 is 1.52 bits per heavy atom. The van der Waals surface area contributed by atoms with Crippen LogP contribution in [0.5, 0.6) is 0 Å². The summed E-state index contributed by atoms with van der Waals surface area (Å²) in [6.07, 6.45) is -4.37. The first-order valence-electron chi connectivity index (χ1n) is 10.9. The highest BCUT2D eigenvalue weighted by molar-refractivity contribution is 5.79. The molecule has 172 valence electrons. The average Bonchev–Trinajstić information content (AvgIpc) is 2.83. The molecule has 3 aromatic carbocycles. The van der Waals surface area contributed by atoms with Crippen LogP contribution in [0.2, 0.25) is 0 Å². The van der Waals surface area contributed by atoms with Crippen molar-refractivity contribution < 1.29 is 18.0 Å². The molecule has 0 aliphatic carbocycles. The zero-order chi connectivity index (χ0) is 23.3. The number of carbonyl (C=O) groups excluding carboxylic acids is 1. The van der Waals surface area contributed by atoms with Crippen LogP contribution in [0.4, 0.5) is 13.2 Å². The van der Waals surface area contributed by atoms with Gasteiger partial charge in [-0.3, -0.25) is 9.69 Å². The van der Waals surface area contributed by atoms with Gasteiger partial charge in [0.25, 0.3) is 0 Å². The van der Waals surface area contributed by atoms with Crippen molar-refractivity contribution >= 4 is 5.91 Å². The van der Waals surface area contributed by atoms with Crippen LogP contribution in [0.1, 0.15) is 34.3 Å². The standard InChI is InChI=1S/C26H26F3N3O/c27-26(28,29)22-13-11-19(12-14-22)23-17-30-15-16-32(23)18-24(33)31-25(20-7-3-1-4-8-20)21-9-5-2-6-10-21/h1-14,23,25,30H,15-18H2,(H,31,33)/t23-/m0/s1. The number of rotatable bonds is 6. The van der Waals surface area contributed by atoms with Crippen LogP contribution in [0, 0.1) is 0 Å². The fraction of sp³-hybridized carbons (Fsp3) is 0.269. The van der Waals surface area contributed by atoms with E-state index in [2.05, 4.69) is 10.6 Å². The second kappa shape index (κ2) is 10.2. The summed E-state index contributed by atoms with van der Waals surface area (Å²) in [5.41, 5.74) is 2.05. The topological polar surface area (TPSA) is 44.4 Å². The van der Waals surface area contributed by atoms with Gasteiger partial charge in [0.05, 0.1) is 18.2 Å². The summed E-state index contributed by atoms with van der Waals surface area (Å²) in [7, 11) is 0. The molecule has 4 rings (SSSR count). The molecule has 1 saturated heterocycles. The van der Waals surface area contributed by atoms with E-state index in [0.29, 0.717) is 19.6 Å². The molecule has 1 atom stereocenters. The lowest BCUT2D eigenvalue weighted by molar-refractivity contribution is -0.137. The van der Waals surface area contributed by atoms with Crippen LogP contribution in [0.3, 0.4) is 0 Å². The van der Waals surface area contributed by atoms with Gasteiger partial charge >= 0.3 is 6.18 Å². The number of hydrogen-bond acceptors (Lipinski definition) is 3. The van der Waals surface area contributed by atoms with Crippen molar-refractivity contribution in [2.24, 2.45) is 0 Å². The van der Waals surface area contributed by atoms with E-state index < -0.39 is 11.7 Å². The largest absolute Gasteiger partial charge is 0.416 e. The Labute approximate surface area is 191 Å². The average molecular weight is 454 g/mol. The Balaban J connectivity index is 1.49. The molecule has 33 heavy (non-hydrogen) atoms. The molecular formula is C26H26F3N3O. The molecule has 0 bridgehead atoms. The number of piperazine rings is 1. The van der Waals surface area contributed by atoms with Crippen molar-refractivity contribution in [1.82, 2.24) is 15.5 Å². The maximum absolute atomic E-state index is 13.1. The second-order valence-electron chi connectivity index (χ2n) is 8.13. The molecular weight excluding hydrogens is 427 g/mol. The van der Waals surface area contributed by atoms with Crippen molar-refractivity contribution in [1.29, 1.82) is 0 Å². The molecule has 0 saturated carbocycles. The molecule has 1 fully saturated rings. The zero-order valence-electron chi connectivity index (χ0n) is 18.1. The van der Waals surface area contributed by atoms with Crippen molar-refractivity contribution in [2.45, 2.75) is 18.3 Å². The molecule has 1 heterocycles. The Bertz CT molecular complexity index is 1000. The van der Waals surface area contributed by atoms with Crippen LogP contribution in [0.25, 0.3) is 0 Å². The van der Waals surface area contributed by atoms with Gasteiger partial charge in [0.15, 0.2) is 0 Å². The van der Waals surface area contributed by atoms with E-state index in [0.717, 1.165) is 28.8 Å². The maximum Gasteiger partial charge on any atom is 0.416 e. The smallest absolute Gasteiger partial charge is 0.344 e. The predicted octanol–water partition coefficient (Wildman–Crippen LogP) is 4.56. The van der Waals surface area contributed by atoms with Gasteiger partial charge in [-0.05, 0) is 28.8 Å². The fourth-order valence-corrected chi connectivity index (χ4v) is 4.20. The van der Waals surface area contributed by atoms with Crippen LogP contribution in [-0.4, -0.2) is 37.0 Å². The Hall–Kier alpha value is -3.16. The normalized spacial score (nSPS) is 17.2. The van der Waals surface area contributed by atoms with Gasteiger partial charge in [0.2, 0.25) is 5.91 Å². The Kier molecular flexibility index (Phi) is 7.11. The molecule has 3 aromatic rings.